The molecule has 1 aliphatic carbocycles. The summed E-state index contributed by atoms with van der Waals surface area (Å²) in [7, 11) is 0. The molecule has 1 atom stereocenters. The first-order valence-electron chi connectivity index (χ1n) is 7.90. The van der Waals surface area contributed by atoms with Crippen LogP contribution in [0.4, 0.5) is 0 Å². The van der Waals surface area contributed by atoms with Crippen LogP contribution in [0.15, 0.2) is 24.3 Å². The minimum Gasteiger partial charge on any atom is -0.327 e. The van der Waals surface area contributed by atoms with Gasteiger partial charge in [0.2, 0.25) is 0 Å². The summed E-state index contributed by atoms with van der Waals surface area (Å²) in [6.07, 6.45) is 3.67. The van der Waals surface area contributed by atoms with Gasteiger partial charge in [-0.2, -0.15) is 0 Å². The van der Waals surface area contributed by atoms with E-state index in [4.69, 9.17) is 16.6 Å². The molecule has 21 heavy (non-hydrogen) atoms. The molecule has 0 N–H and O–H groups in total. The van der Waals surface area contributed by atoms with Gasteiger partial charge in [-0.3, -0.25) is 0 Å². The quantitative estimate of drug-likeness (QED) is 0.767. The smallest absolute Gasteiger partial charge is 0.112 e. The van der Waals surface area contributed by atoms with Crippen LogP contribution in [-0.2, 0) is 13.0 Å². The molecule has 1 aromatic heterocycles. The van der Waals surface area contributed by atoms with Gasteiger partial charge >= 0.3 is 0 Å². The summed E-state index contributed by atoms with van der Waals surface area (Å²) >= 11 is 5.99. The number of imidazole rings is 1. The van der Waals surface area contributed by atoms with E-state index in [1.165, 1.54) is 35.6 Å². The molecule has 0 aliphatic heterocycles. The van der Waals surface area contributed by atoms with Gasteiger partial charge in [0, 0.05) is 23.2 Å². The Morgan fingerprint density at radius 2 is 2.00 bits per heavy atom. The maximum atomic E-state index is 5.99. The van der Waals surface area contributed by atoms with Gasteiger partial charge in [-0.05, 0) is 42.9 Å². The second-order valence-electron chi connectivity index (χ2n) is 6.46. The van der Waals surface area contributed by atoms with Crippen molar-refractivity contribution in [2.45, 2.75) is 58.4 Å². The minimum atomic E-state index is 0.454. The third-order valence-electron chi connectivity index (χ3n) is 4.40. The van der Waals surface area contributed by atoms with Crippen molar-refractivity contribution in [3.63, 3.8) is 0 Å². The van der Waals surface area contributed by atoms with Crippen LogP contribution in [0, 0.1) is 0 Å². The molecule has 2 nitrogen and oxygen atoms in total. The van der Waals surface area contributed by atoms with Gasteiger partial charge in [0.05, 0.1) is 5.69 Å². The van der Waals surface area contributed by atoms with E-state index in [2.05, 4.69) is 37.5 Å². The first-order chi connectivity index (χ1) is 10.1. The molecule has 1 aromatic carbocycles. The van der Waals surface area contributed by atoms with E-state index in [1.54, 1.807) is 0 Å². The van der Waals surface area contributed by atoms with Crippen LogP contribution in [0.2, 0.25) is 5.02 Å². The lowest BCUT2D eigenvalue weighted by atomic mass is 9.91. The maximum absolute atomic E-state index is 5.99. The van der Waals surface area contributed by atoms with Crippen LogP contribution in [0.25, 0.3) is 0 Å². The Bertz CT molecular complexity index is 625. The van der Waals surface area contributed by atoms with E-state index in [9.17, 15) is 0 Å². The fourth-order valence-corrected chi connectivity index (χ4v) is 3.49. The predicted octanol–water partition coefficient (Wildman–Crippen LogP) is 5.15. The van der Waals surface area contributed by atoms with Gasteiger partial charge in [-0.25, -0.2) is 4.98 Å². The molecule has 0 saturated heterocycles. The Balaban J connectivity index is 2.03. The highest BCUT2D eigenvalue weighted by atomic mass is 35.5. The molecular weight excluding hydrogens is 280 g/mol. The summed E-state index contributed by atoms with van der Waals surface area (Å²) in [4.78, 5) is 4.95. The van der Waals surface area contributed by atoms with Gasteiger partial charge in [-0.15, -0.1) is 0 Å². The van der Waals surface area contributed by atoms with E-state index in [0.29, 0.717) is 11.8 Å². The van der Waals surface area contributed by atoms with Crippen LogP contribution in [-0.4, -0.2) is 9.55 Å². The largest absolute Gasteiger partial charge is 0.327 e. The lowest BCUT2D eigenvalue weighted by molar-refractivity contribution is 0.538. The third-order valence-corrected chi connectivity index (χ3v) is 4.65. The van der Waals surface area contributed by atoms with E-state index >= 15 is 0 Å². The summed E-state index contributed by atoms with van der Waals surface area (Å²) < 4.78 is 2.45. The number of benzene rings is 1. The van der Waals surface area contributed by atoms with Crippen LogP contribution >= 0.6 is 11.6 Å². The molecule has 3 heteroatoms. The zero-order chi connectivity index (χ0) is 15.0. The molecule has 1 heterocycles. The van der Waals surface area contributed by atoms with Crippen molar-refractivity contribution in [3.05, 3.63) is 52.1 Å². The molecule has 0 saturated carbocycles. The standard InChI is InChI=1S/C18H23ClN2/c1-12(2)18-20-16-6-4-5-13(3)17(16)21(18)11-14-7-9-15(19)10-8-14/h7-10,12-13H,4-6,11H2,1-3H3. The molecule has 1 aliphatic rings. The fourth-order valence-electron chi connectivity index (χ4n) is 3.36. The van der Waals surface area contributed by atoms with E-state index in [0.717, 1.165) is 18.0 Å². The van der Waals surface area contributed by atoms with Crippen molar-refractivity contribution >= 4 is 11.6 Å². The Morgan fingerprint density at radius 1 is 1.29 bits per heavy atom. The molecule has 0 bridgehead atoms. The average molecular weight is 303 g/mol. The number of hydrogen-bond acceptors (Lipinski definition) is 1. The monoisotopic (exact) mass is 302 g/mol. The second-order valence-corrected chi connectivity index (χ2v) is 6.90. The number of aryl methyl sites for hydroxylation is 1. The van der Waals surface area contributed by atoms with Gasteiger partial charge < -0.3 is 4.57 Å². The summed E-state index contributed by atoms with van der Waals surface area (Å²) in [6, 6.07) is 8.18. The van der Waals surface area contributed by atoms with Crippen LogP contribution in [0.5, 0.6) is 0 Å². The lowest BCUT2D eigenvalue weighted by Gasteiger charge is -2.22. The first-order valence-corrected chi connectivity index (χ1v) is 8.27. The van der Waals surface area contributed by atoms with Gasteiger partial charge in [0.15, 0.2) is 0 Å². The Morgan fingerprint density at radius 3 is 2.67 bits per heavy atom. The van der Waals surface area contributed by atoms with Crippen molar-refractivity contribution in [3.8, 4) is 0 Å². The first kappa shape index (κ1) is 14.6. The van der Waals surface area contributed by atoms with Crippen LogP contribution < -0.4 is 0 Å². The Kier molecular flexibility index (Phi) is 4.08. The molecule has 0 amide bonds. The number of rotatable bonds is 3. The number of aromatic nitrogens is 2. The number of fused-ring (bicyclic) bond motifs is 1. The highest BCUT2D eigenvalue weighted by Gasteiger charge is 2.26. The Hall–Kier alpha value is -1.28. The SMILES string of the molecule is CC(C)c1nc2c(n1Cc1ccc(Cl)cc1)C(C)CCC2. The number of halogens is 1. The fraction of sp³-hybridized carbons (Fsp3) is 0.500. The molecule has 112 valence electrons. The summed E-state index contributed by atoms with van der Waals surface area (Å²) in [6.45, 7) is 7.70. The molecule has 3 rings (SSSR count). The van der Waals surface area contributed by atoms with Crippen molar-refractivity contribution in [2.24, 2.45) is 0 Å². The summed E-state index contributed by atoms with van der Waals surface area (Å²) in [5.74, 6) is 2.29. The molecule has 0 spiro atoms. The van der Waals surface area contributed by atoms with E-state index in [1.807, 2.05) is 12.1 Å². The van der Waals surface area contributed by atoms with E-state index in [-0.39, 0.29) is 0 Å². The van der Waals surface area contributed by atoms with Gasteiger partial charge in [0.1, 0.15) is 5.82 Å². The van der Waals surface area contributed by atoms with Crippen molar-refractivity contribution in [1.82, 2.24) is 9.55 Å². The molecule has 1 unspecified atom stereocenters. The molecule has 2 aromatic rings. The lowest BCUT2D eigenvalue weighted by Crippen LogP contribution is -2.14. The predicted molar refractivity (Wildman–Crippen MR) is 88.2 cm³/mol. The number of nitrogens with zero attached hydrogens (tertiary/aromatic N) is 2. The normalized spacial score (nSPS) is 18.0. The van der Waals surface area contributed by atoms with E-state index < -0.39 is 0 Å². The minimum absolute atomic E-state index is 0.454. The van der Waals surface area contributed by atoms with Gasteiger partial charge in [-0.1, -0.05) is 44.5 Å². The Labute approximate surface area is 132 Å². The molecular formula is C18H23ClN2. The average Bonchev–Trinajstić information content (AvgIpc) is 2.82. The van der Waals surface area contributed by atoms with Crippen molar-refractivity contribution in [2.75, 3.05) is 0 Å². The van der Waals surface area contributed by atoms with Crippen LogP contribution in [0.3, 0.4) is 0 Å². The van der Waals surface area contributed by atoms with Gasteiger partial charge in [0.25, 0.3) is 0 Å². The molecule has 0 radical (unpaired) electrons. The zero-order valence-electron chi connectivity index (χ0n) is 13.1. The van der Waals surface area contributed by atoms with Crippen LogP contribution in [0.1, 0.15) is 68.2 Å². The van der Waals surface area contributed by atoms with Crippen molar-refractivity contribution < 1.29 is 0 Å². The topological polar surface area (TPSA) is 17.8 Å². The number of hydrogen-bond donors (Lipinski definition) is 0. The highest BCUT2D eigenvalue weighted by Crippen LogP contribution is 2.34. The highest BCUT2D eigenvalue weighted by molar-refractivity contribution is 6.30. The third kappa shape index (κ3) is 2.87. The second kappa shape index (κ2) is 5.84. The zero-order valence-corrected chi connectivity index (χ0v) is 13.8. The summed E-state index contributed by atoms with van der Waals surface area (Å²) in [5, 5.41) is 0.795. The van der Waals surface area contributed by atoms with Crippen molar-refractivity contribution in [1.29, 1.82) is 0 Å². The summed E-state index contributed by atoms with van der Waals surface area (Å²) in [5.41, 5.74) is 4.07. The molecule has 0 fully saturated rings. The maximum Gasteiger partial charge on any atom is 0.112 e.